The molecule has 0 radical (unpaired) electrons. The fourth-order valence-electron chi connectivity index (χ4n) is 2.24. The Balaban J connectivity index is 1.80. The molecule has 6 heteroatoms. The summed E-state index contributed by atoms with van der Waals surface area (Å²) in [7, 11) is -3.16. The maximum Gasteiger partial charge on any atom is 0.212 e. The smallest absolute Gasteiger partial charge is 0.212 e. The Morgan fingerprint density at radius 1 is 1.33 bits per heavy atom. The average Bonchev–Trinajstić information content (AvgIpc) is 2.83. The van der Waals surface area contributed by atoms with Gasteiger partial charge in [-0.15, -0.1) is 11.3 Å². The van der Waals surface area contributed by atoms with E-state index in [-0.39, 0.29) is 17.8 Å². The van der Waals surface area contributed by atoms with E-state index in [1.54, 1.807) is 11.3 Å². The van der Waals surface area contributed by atoms with Gasteiger partial charge < -0.3 is 5.73 Å². The first kappa shape index (κ1) is 14.0. The third-order valence-corrected chi connectivity index (χ3v) is 5.69. The highest BCUT2D eigenvalue weighted by molar-refractivity contribution is 7.89. The number of hydrogen-bond acceptors (Lipinski definition) is 4. The van der Waals surface area contributed by atoms with E-state index in [2.05, 4.69) is 4.72 Å². The monoisotopic (exact) mass is 288 g/mol. The second-order valence-electron chi connectivity index (χ2n) is 4.88. The molecule has 0 bridgehead atoms. The quantitative estimate of drug-likeness (QED) is 0.862. The molecule has 0 spiro atoms. The highest BCUT2D eigenvalue weighted by atomic mass is 32.2. The van der Waals surface area contributed by atoms with Gasteiger partial charge in [0.2, 0.25) is 10.0 Å². The zero-order chi connectivity index (χ0) is 13.0. The second kappa shape index (κ2) is 6.14. The van der Waals surface area contributed by atoms with Crippen molar-refractivity contribution in [1.29, 1.82) is 0 Å². The first-order valence-electron chi connectivity index (χ1n) is 6.33. The fourth-order valence-corrected chi connectivity index (χ4v) is 4.43. The van der Waals surface area contributed by atoms with E-state index in [4.69, 9.17) is 5.73 Å². The lowest BCUT2D eigenvalue weighted by atomic mass is 9.93. The summed E-state index contributed by atoms with van der Waals surface area (Å²) in [5.74, 6) is 0.177. The summed E-state index contributed by atoms with van der Waals surface area (Å²) in [6.07, 6.45) is 4.15. The van der Waals surface area contributed by atoms with Crippen LogP contribution in [-0.2, 0) is 16.4 Å². The Morgan fingerprint density at radius 2 is 2.06 bits per heavy atom. The van der Waals surface area contributed by atoms with Crippen LogP contribution < -0.4 is 10.5 Å². The third kappa shape index (κ3) is 4.35. The molecule has 0 aliphatic heterocycles. The van der Waals surface area contributed by atoms with E-state index in [1.165, 1.54) is 0 Å². The minimum Gasteiger partial charge on any atom is -0.328 e. The summed E-state index contributed by atoms with van der Waals surface area (Å²) >= 11 is 1.60. The maximum atomic E-state index is 11.9. The number of hydrogen-bond donors (Lipinski definition) is 2. The topological polar surface area (TPSA) is 72.2 Å². The van der Waals surface area contributed by atoms with Crippen molar-refractivity contribution in [1.82, 2.24) is 4.72 Å². The van der Waals surface area contributed by atoms with Crippen LogP contribution in [0.5, 0.6) is 0 Å². The fraction of sp³-hybridized carbons (Fsp3) is 0.667. The largest absolute Gasteiger partial charge is 0.328 e. The van der Waals surface area contributed by atoms with E-state index in [1.807, 2.05) is 17.5 Å². The summed E-state index contributed by atoms with van der Waals surface area (Å²) in [5, 5.41) is 1.97. The summed E-state index contributed by atoms with van der Waals surface area (Å²) in [5.41, 5.74) is 5.81. The molecule has 1 fully saturated rings. The van der Waals surface area contributed by atoms with Gasteiger partial charge in [0.05, 0.1) is 5.75 Å². The number of sulfonamides is 1. The number of nitrogens with one attached hydrogen (secondary N) is 1. The first-order valence-corrected chi connectivity index (χ1v) is 8.86. The van der Waals surface area contributed by atoms with Gasteiger partial charge in [0.25, 0.3) is 0 Å². The van der Waals surface area contributed by atoms with E-state index < -0.39 is 10.0 Å². The van der Waals surface area contributed by atoms with E-state index >= 15 is 0 Å². The molecular weight excluding hydrogens is 268 g/mol. The highest BCUT2D eigenvalue weighted by Crippen LogP contribution is 2.18. The maximum absolute atomic E-state index is 11.9. The van der Waals surface area contributed by atoms with Crippen LogP contribution in [0.3, 0.4) is 0 Å². The Labute approximate surface area is 113 Å². The van der Waals surface area contributed by atoms with Gasteiger partial charge in [0.15, 0.2) is 0 Å². The van der Waals surface area contributed by atoms with E-state index in [0.717, 1.165) is 30.6 Å². The molecule has 4 nitrogen and oxygen atoms in total. The van der Waals surface area contributed by atoms with Gasteiger partial charge in [-0.25, -0.2) is 13.1 Å². The Hall–Kier alpha value is -0.430. The average molecular weight is 288 g/mol. The molecule has 0 unspecified atom stereocenters. The Morgan fingerprint density at radius 3 is 2.67 bits per heavy atom. The Kier molecular flexibility index (Phi) is 4.77. The predicted octanol–water partition coefficient (Wildman–Crippen LogP) is 1.48. The zero-order valence-corrected chi connectivity index (χ0v) is 12.0. The molecule has 1 heterocycles. The van der Waals surface area contributed by atoms with Crippen molar-refractivity contribution in [3.63, 3.8) is 0 Å². The van der Waals surface area contributed by atoms with Gasteiger partial charge in [-0.3, -0.25) is 0 Å². The van der Waals surface area contributed by atoms with Gasteiger partial charge in [0, 0.05) is 17.0 Å². The molecule has 1 aromatic rings. The third-order valence-electron chi connectivity index (χ3n) is 3.32. The van der Waals surface area contributed by atoms with Crippen LogP contribution in [0, 0.1) is 0 Å². The van der Waals surface area contributed by atoms with Crippen LogP contribution in [0.1, 0.15) is 30.6 Å². The molecule has 1 aromatic heterocycles. The van der Waals surface area contributed by atoms with Gasteiger partial charge in [-0.05, 0) is 43.6 Å². The van der Waals surface area contributed by atoms with Gasteiger partial charge in [-0.2, -0.15) is 0 Å². The molecular formula is C12H20N2O2S2. The number of aryl methyl sites for hydroxylation is 1. The molecule has 18 heavy (non-hydrogen) atoms. The van der Waals surface area contributed by atoms with Crippen LogP contribution >= 0.6 is 11.3 Å². The SMILES string of the molecule is NC1CCC(NS(=O)(=O)CCc2cccs2)CC1. The van der Waals surface area contributed by atoms with Crippen molar-refractivity contribution in [2.45, 2.75) is 44.2 Å². The standard InChI is InChI=1S/C12H20N2O2S2/c13-10-3-5-11(6-4-10)14-18(15,16)9-7-12-2-1-8-17-12/h1-2,8,10-11,14H,3-7,9,13H2. The van der Waals surface area contributed by atoms with Crippen molar-refractivity contribution in [2.75, 3.05) is 5.75 Å². The van der Waals surface area contributed by atoms with Gasteiger partial charge in [-0.1, -0.05) is 6.07 Å². The molecule has 1 aliphatic rings. The first-order chi connectivity index (χ1) is 8.55. The van der Waals surface area contributed by atoms with Crippen molar-refractivity contribution >= 4 is 21.4 Å². The molecule has 0 saturated heterocycles. The summed E-state index contributed by atoms with van der Waals surface area (Å²) < 4.78 is 26.7. The number of thiophene rings is 1. The molecule has 1 aliphatic carbocycles. The van der Waals surface area contributed by atoms with Crippen molar-refractivity contribution in [3.8, 4) is 0 Å². The molecule has 3 N–H and O–H groups in total. The van der Waals surface area contributed by atoms with Crippen molar-refractivity contribution in [2.24, 2.45) is 5.73 Å². The van der Waals surface area contributed by atoms with Gasteiger partial charge in [0.1, 0.15) is 0 Å². The van der Waals surface area contributed by atoms with E-state index in [0.29, 0.717) is 6.42 Å². The van der Waals surface area contributed by atoms with Gasteiger partial charge >= 0.3 is 0 Å². The molecule has 0 amide bonds. The van der Waals surface area contributed by atoms with Crippen LogP contribution in [-0.4, -0.2) is 26.3 Å². The molecule has 102 valence electrons. The Bertz CT molecular complexity index is 448. The molecule has 0 atom stereocenters. The molecule has 1 saturated carbocycles. The minimum atomic E-state index is -3.16. The number of rotatable bonds is 5. The van der Waals surface area contributed by atoms with Crippen molar-refractivity contribution < 1.29 is 8.42 Å². The normalized spacial score (nSPS) is 25.2. The summed E-state index contributed by atoms with van der Waals surface area (Å²) in [6, 6.07) is 4.25. The molecule has 2 rings (SSSR count). The number of nitrogens with two attached hydrogens (primary N) is 1. The lowest BCUT2D eigenvalue weighted by molar-refractivity contribution is 0.373. The highest BCUT2D eigenvalue weighted by Gasteiger charge is 2.22. The van der Waals surface area contributed by atoms with E-state index in [9.17, 15) is 8.42 Å². The predicted molar refractivity (Wildman–Crippen MR) is 75.2 cm³/mol. The zero-order valence-electron chi connectivity index (χ0n) is 10.3. The molecule has 0 aromatic carbocycles. The van der Waals surface area contributed by atoms with Crippen LogP contribution in [0.25, 0.3) is 0 Å². The lowest BCUT2D eigenvalue weighted by Crippen LogP contribution is -2.41. The van der Waals surface area contributed by atoms with Crippen LogP contribution in [0.15, 0.2) is 17.5 Å². The van der Waals surface area contributed by atoms with Crippen LogP contribution in [0.4, 0.5) is 0 Å². The summed E-state index contributed by atoms with van der Waals surface area (Å²) in [6.45, 7) is 0. The minimum absolute atomic E-state index is 0.0816. The van der Waals surface area contributed by atoms with Crippen molar-refractivity contribution in [3.05, 3.63) is 22.4 Å². The lowest BCUT2D eigenvalue weighted by Gasteiger charge is -2.26. The second-order valence-corrected chi connectivity index (χ2v) is 7.78. The van der Waals surface area contributed by atoms with Crippen LogP contribution in [0.2, 0.25) is 0 Å². The summed E-state index contributed by atoms with van der Waals surface area (Å²) in [4.78, 5) is 1.12.